The van der Waals surface area contributed by atoms with Gasteiger partial charge in [-0.2, -0.15) is 0 Å². The van der Waals surface area contributed by atoms with Gasteiger partial charge in [-0.1, -0.05) is 57.6 Å². The van der Waals surface area contributed by atoms with Crippen molar-refractivity contribution in [1.29, 1.82) is 0 Å². The van der Waals surface area contributed by atoms with Gasteiger partial charge < -0.3 is 19.7 Å². The van der Waals surface area contributed by atoms with E-state index in [4.69, 9.17) is 14.6 Å². The molecule has 6 nitrogen and oxygen atoms in total. The van der Waals surface area contributed by atoms with Crippen molar-refractivity contribution >= 4 is 11.9 Å². The van der Waals surface area contributed by atoms with E-state index in [1.165, 1.54) is 38.5 Å². The molecule has 0 rings (SSSR count). The summed E-state index contributed by atoms with van der Waals surface area (Å²) in [6.07, 6.45) is 13.8. The fourth-order valence-corrected chi connectivity index (χ4v) is 2.51. The Hall–Kier alpha value is -1.40. The van der Waals surface area contributed by atoms with Gasteiger partial charge in [0, 0.05) is 0 Å². The van der Waals surface area contributed by atoms with Gasteiger partial charge in [0.1, 0.15) is 6.61 Å². The molecule has 0 aliphatic heterocycles. The number of aliphatic carboxylic acids is 1. The van der Waals surface area contributed by atoms with Crippen molar-refractivity contribution < 1.29 is 29.3 Å². The van der Waals surface area contributed by atoms with Crippen molar-refractivity contribution in [3.05, 3.63) is 12.2 Å². The van der Waals surface area contributed by atoms with Gasteiger partial charge in [0.05, 0.1) is 32.2 Å². The van der Waals surface area contributed by atoms with Gasteiger partial charge in [-0.3, -0.25) is 9.59 Å². The zero-order chi connectivity index (χ0) is 19.5. The molecule has 0 saturated carbocycles. The fraction of sp³-hybridized carbons (Fsp3) is 0.800. The summed E-state index contributed by atoms with van der Waals surface area (Å²) in [5, 5.41) is 17.8. The number of ether oxygens (including phenoxy) is 2. The highest BCUT2D eigenvalue weighted by molar-refractivity contribution is 5.78. The minimum absolute atomic E-state index is 0.0687. The maximum atomic E-state index is 11.7. The van der Waals surface area contributed by atoms with Crippen LogP contribution in [0.25, 0.3) is 0 Å². The molecule has 0 aromatic carbocycles. The molecular weight excluding hydrogens is 336 g/mol. The van der Waals surface area contributed by atoms with Crippen molar-refractivity contribution in [2.75, 3.05) is 26.4 Å². The zero-order valence-electron chi connectivity index (χ0n) is 16.2. The fourth-order valence-electron chi connectivity index (χ4n) is 2.51. The molecule has 1 atom stereocenters. The van der Waals surface area contributed by atoms with Crippen LogP contribution in [0.3, 0.4) is 0 Å². The smallest absolute Gasteiger partial charge is 0.307 e. The van der Waals surface area contributed by atoms with Crippen LogP contribution in [-0.4, -0.2) is 48.6 Å². The highest BCUT2D eigenvalue weighted by Crippen LogP contribution is 2.13. The summed E-state index contributed by atoms with van der Waals surface area (Å²) in [5.74, 6) is -2.28. The first-order valence-corrected chi connectivity index (χ1v) is 9.83. The van der Waals surface area contributed by atoms with Crippen LogP contribution >= 0.6 is 0 Å². The summed E-state index contributed by atoms with van der Waals surface area (Å²) in [6, 6.07) is 0. The van der Waals surface area contributed by atoms with Crippen molar-refractivity contribution in [3.63, 3.8) is 0 Å². The summed E-state index contributed by atoms with van der Waals surface area (Å²) >= 11 is 0. The second-order valence-corrected chi connectivity index (χ2v) is 6.41. The highest BCUT2D eigenvalue weighted by atomic mass is 16.6. The van der Waals surface area contributed by atoms with E-state index >= 15 is 0 Å². The maximum Gasteiger partial charge on any atom is 0.307 e. The monoisotopic (exact) mass is 372 g/mol. The first kappa shape index (κ1) is 24.6. The maximum absolute atomic E-state index is 11.7. The predicted octanol–water partition coefficient (Wildman–Crippen LogP) is 3.72. The highest BCUT2D eigenvalue weighted by Gasteiger charge is 2.20. The van der Waals surface area contributed by atoms with Crippen LogP contribution in [-0.2, 0) is 19.1 Å². The van der Waals surface area contributed by atoms with Crippen LogP contribution in [0.2, 0.25) is 0 Å². The van der Waals surface area contributed by atoms with Crippen LogP contribution < -0.4 is 0 Å². The number of allylic oxidation sites excluding steroid dienone is 2. The number of aliphatic hydroxyl groups is 1. The lowest BCUT2D eigenvalue weighted by atomic mass is 10.0. The van der Waals surface area contributed by atoms with Gasteiger partial charge in [0.25, 0.3) is 0 Å². The minimum atomic E-state index is -0.987. The van der Waals surface area contributed by atoms with E-state index in [1.807, 2.05) is 12.2 Å². The van der Waals surface area contributed by atoms with E-state index in [-0.39, 0.29) is 32.8 Å². The van der Waals surface area contributed by atoms with Gasteiger partial charge in [-0.15, -0.1) is 0 Å². The third-order valence-electron chi connectivity index (χ3n) is 4.05. The molecule has 0 aliphatic rings. The Morgan fingerprint density at radius 1 is 0.962 bits per heavy atom. The molecule has 26 heavy (non-hydrogen) atoms. The molecule has 152 valence electrons. The van der Waals surface area contributed by atoms with E-state index in [0.29, 0.717) is 6.42 Å². The number of carbonyl (C=O) groups excluding carboxylic acids is 1. The number of hydrogen-bond acceptors (Lipinski definition) is 5. The van der Waals surface area contributed by atoms with Gasteiger partial charge >= 0.3 is 11.9 Å². The summed E-state index contributed by atoms with van der Waals surface area (Å²) in [7, 11) is 0. The number of carboxylic acid groups (broad SMARTS) is 1. The molecule has 0 radical (unpaired) electrons. The molecule has 0 aromatic rings. The largest absolute Gasteiger partial charge is 0.481 e. The van der Waals surface area contributed by atoms with Crippen LogP contribution in [0.4, 0.5) is 0 Å². The van der Waals surface area contributed by atoms with Crippen molar-refractivity contribution in [2.24, 2.45) is 5.92 Å². The lowest BCUT2D eigenvalue weighted by molar-refractivity contribution is -0.152. The SMILES string of the molecule is CCCCCCCCC/C=C/CC(CC(=O)OCCOCCO)C(=O)O. The van der Waals surface area contributed by atoms with Crippen molar-refractivity contribution in [3.8, 4) is 0 Å². The zero-order valence-corrected chi connectivity index (χ0v) is 16.2. The number of carboxylic acids is 1. The third kappa shape index (κ3) is 16.1. The Morgan fingerprint density at radius 2 is 1.65 bits per heavy atom. The van der Waals surface area contributed by atoms with Crippen LogP contribution in [0.15, 0.2) is 12.2 Å². The Morgan fingerprint density at radius 3 is 2.31 bits per heavy atom. The number of hydrogen-bond donors (Lipinski definition) is 2. The lowest BCUT2D eigenvalue weighted by Crippen LogP contribution is -2.20. The predicted molar refractivity (Wildman–Crippen MR) is 101 cm³/mol. The first-order chi connectivity index (χ1) is 12.6. The quantitative estimate of drug-likeness (QED) is 0.216. The number of aliphatic hydroxyl groups excluding tert-OH is 1. The van der Waals surface area contributed by atoms with Crippen LogP contribution in [0, 0.1) is 5.92 Å². The molecule has 6 heteroatoms. The summed E-state index contributed by atoms with van der Waals surface area (Å²) in [6.45, 7) is 2.59. The van der Waals surface area contributed by atoms with Crippen LogP contribution in [0.5, 0.6) is 0 Å². The Kier molecular flexibility index (Phi) is 17.4. The van der Waals surface area contributed by atoms with E-state index in [0.717, 1.165) is 12.8 Å². The number of rotatable bonds is 18. The van der Waals surface area contributed by atoms with E-state index in [2.05, 4.69) is 6.92 Å². The average molecular weight is 373 g/mol. The van der Waals surface area contributed by atoms with Gasteiger partial charge in [0.2, 0.25) is 0 Å². The molecule has 2 N–H and O–H groups in total. The van der Waals surface area contributed by atoms with E-state index in [9.17, 15) is 14.7 Å². The molecule has 0 aliphatic carbocycles. The molecule has 0 spiro atoms. The topological polar surface area (TPSA) is 93.1 Å². The Bertz CT molecular complexity index is 380. The minimum Gasteiger partial charge on any atom is -0.481 e. The van der Waals surface area contributed by atoms with Crippen molar-refractivity contribution in [2.45, 2.75) is 71.1 Å². The molecule has 0 heterocycles. The molecule has 0 amide bonds. The first-order valence-electron chi connectivity index (χ1n) is 9.83. The summed E-state index contributed by atoms with van der Waals surface area (Å²) in [4.78, 5) is 22.9. The standard InChI is InChI=1S/C20H36O6/c1-2-3-4-5-6-7-8-9-10-11-12-18(20(23)24)17-19(22)26-16-15-25-14-13-21/h10-11,18,21H,2-9,12-17H2,1H3,(H,23,24)/b11-10+. The van der Waals surface area contributed by atoms with Crippen molar-refractivity contribution in [1.82, 2.24) is 0 Å². The molecule has 1 unspecified atom stereocenters. The second kappa shape index (κ2) is 18.4. The number of esters is 1. The normalized spacial score (nSPS) is 12.4. The molecule has 0 saturated heterocycles. The van der Waals surface area contributed by atoms with E-state index < -0.39 is 17.9 Å². The molecular formula is C20H36O6. The number of unbranched alkanes of at least 4 members (excludes halogenated alkanes) is 7. The molecule has 0 aromatic heterocycles. The molecule has 0 bridgehead atoms. The molecule has 0 fully saturated rings. The average Bonchev–Trinajstić information content (AvgIpc) is 2.62. The Labute approximate surface area is 157 Å². The van der Waals surface area contributed by atoms with Crippen LogP contribution in [0.1, 0.15) is 71.1 Å². The lowest BCUT2D eigenvalue weighted by Gasteiger charge is -2.10. The number of carbonyl (C=O) groups is 2. The summed E-state index contributed by atoms with van der Waals surface area (Å²) < 4.78 is 9.91. The van der Waals surface area contributed by atoms with Gasteiger partial charge in [-0.25, -0.2) is 0 Å². The van der Waals surface area contributed by atoms with Gasteiger partial charge in [0.15, 0.2) is 0 Å². The Balaban J connectivity index is 3.80. The van der Waals surface area contributed by atoms with E-state index in [1.54, 1.807) is 0 Å². The van der Waals surface area contributed by atoms with Gasteiger partial charge in [-0.05, 0) is 19.3 Å². The summed E-state index contributed by atoms with van der Waals surface area (Å²) in [5.41, 5.74) is 0. The second-order valence-electron chi connectivity index (χ2n) is 6.41. The third-order valence-corrected chi connectivity index (χ3v) is 4.05.